The van der Waals surface area contributed by atoms with Crippen molar-refractivity contribution in [2.45, 2.75) is 45.1 Å². The van der Waals surface area contributed by atoms with E-state index in [0.717, 1.165) is 10.6 Å². The van der Waals surface area contributed by atoms with Crippen LogP contribution in [0.5, 0.6) is 0 Å². The van der Waals surface area contributed by atoms with Crippen LogP contribution in [0.25, 0.3) is 0 Å². The van der Waals surface area contributed by atoms with Gasteiger partial charge >= 0.3 is 12.0 Å². The highest BCUT2D eigenvalue weighted by molar-refractivity contribution is 7.09. The molecule has 0 spiro atoms. The summed E-state index contributed by atoms with van der Waals surface area (Å²) in [7, 11) is 1.29. The van der Waals surface area contributed by atoms with Gasteiger partial charge in [-0.2, -0.15) is 0 Å². The zero-order valence-corrected chi connectivity index (χ0v) is 21.0. The molecule has 2 saturated heterocycles. The molecule has 4 amide bonds. The second kappa shape index (κ2) is 10.2. The molecule has 2 aromatic rings. The molecule has 0 aliphatic carbocycles. The van der Waals surface area contributed by atoms with Crippen molar-refractivity contribution in [3.8, 4) is 0 Å². The van der Waals surface area contributed by atoms with E-state index in [1.807, 2.05) is 13.8 Å². The van der Waals surface area contributed by atoms with Gasteiger partial charge in [-0.25, -0.2) is 14.6 Å². The van der Waals surface area contributed by atoms with Crippen LogP contribution in [0, 0.1) is 12.8 Å². The van der Waals surface area contributed by atoms with Crippen molar-refractivity contribution in [1.82, 2.24) is 20.1 Å². The van der Waals surface area contributed by atoms with Crippen molar-refractivity contribution >= 4 is 35.2 Å². The summed E-state index contributed by atoms with van der Waals surface area (Å²) in [5.41, 5.74) is 2.27. The number of nitrogens with one attached hydrogen (secondary N) is 1. The van der Waals surface area contributed by atoms with Gasteiger partial charge in [-0.3, -0.25) is 14.5 Å². The first-order valence-corrected chi connectivity index (χ1v) is 12.7. The molecule has 1 aromatic heterocycles. The zero-order valence-electron chi connectivity index (χ0n) is 20.2. The highest BCUT2D eigenvalue weighted by atomic mass is 32.1. The molecule has 0 bridgehead atoms. The second-order valence-corrected chi connectivity index (χ2v) is 9.87. The number of hydrogen-bond donors (Lipinski definition) is 1. The molecule has 9 nitrogen and oxygen atoms in total. The highest BCUT2D eigenvalue weighted by Gasteiger charge is 2.54. The van der Waals surface area contributed by atoms with Gasteiger partial charge in [0.1, 0.15) is 5.54 Å². The summed E-state index contributed by atoms with van der Waals surface area (Å²) >= 11 is 1.53. The Morgan fingerprint density at radius 1 is 1.20 bits per heavy atom. The van der Waals surface area contributed by atoms with Crippen LogP contribution in [0.3, 0.4) is 0 Å². The van der Waals surface area contributed by atoms with Crippen LogP contribution >= 0.6 is 11.3 Å². The lowest BCUT2D eigenvalue weighted by Crippen LogP contribution is -2.56. The molecule has 3 heterocycles. The molecule has 2 fully saturated rings. The molecule has 0 saturated carbocycles. The highest BCUT2D eigenvalue weighted by Crippen LogP contribution is 2.36. The third kappa shape index (κ3) is 4.54. The van der Waals surface area contributed by atoms with Crippen LogP contribution in [0.15, 0.2) is 29.8 Å². The molecule has 0 unspecified atom stereocenters. The van der Waals surface area contributed by atoms with Crippen LogP contribution in [-0.4, -0.2) is 70.9 Å². The third-order valence-electron chi connectivity index (χ3n) is 7.21. The summed E-state index contributed by atoms with van der Waals surface area (Å²) in [5, 5.41) is 3.00. The van der Waals surface area contributed by atoms with Gasteiger partial charge in [0.2, 0.25) is 0 Å². The van der Waals surface area contributed by atoms with E-state index in [4.69, 9.17) is 4.74 Å². The molecule has 10 heteroatoms. The minimum absolute atomic E-state index is 0.0843. The Morgan fingerprint density at radius 3 is 2.49 bits per heavy atom. The maximum absolute atomic E-state index is 13.5. The molecule has 1 N–H and O–H groups in total. The number of benzene rings is 1. The summed E-state index contributed by atoms with van der Waals surface area (Å²) in [4.78, 5) is 59.9. The number of thiazole rings is 1. The first kappa shape index (κ1) is 24.8. The average molecular weight is 499 g/mol. The number of nitrogens with zero attached hydrogens (tertiary/aromatic N) is 3. The topological polar surface area (TPSA) is 109 Å². The van der Waals surface area contributed by atoms with Crippen LogP contribution in [0.4, 0.5) is 4.79 Å². The standard InChI is InChI=1S/C25H30N4O5S/c1-4-25(23(32)29(24(33)27-25)14-11-20-16(2)26-15-35-20)17-9-12-28(13-10-17)21(30)18-7-5-6-8-19(18)22(31)34-3/h5-8,15,17H,4,9-14H2,1-3H3,(H,27,33)/t25-/m1/s1. The summed E-state index contributed by atoms with van der Waals surface area (Å²) in [5.74, 6) is -1.06. The fourth-order valence-corrected chi connectivity index (χ4v) is 5.91. The van der Waals surface area contributed by atoms with Crippen molar-refractivity contribution in [2.24, 2.45) is 5.92 Å². The number of aryl methyl sites for hydroxylation is 1. The van der Waals surface area contributed by atoms with Crippen molar-refractivity contribution in [2.75, 3.05) is 26.7 Å². The third-order valence-corrected chi connectivity index (χ3v) is 8.20. The lowest BCUT2D eigenvalue weighted by atomic mass is 9.75. The van der Waals surface area contributed by atoms with E-state index in [1.54, 1.807) is 34.7 Å². The Bertz CT molecular complexity index is 1140. The second-order valence-electron chi connectivity index (χ2n) is 8.93. The minimum Gasteiger partial charge on any atom is -0.465 e. The van der Waals surface area contributed by atoms with Gasteiger partial charge in [-0.1, -0.05) is 19.1 Å². The molecule has 0 radical (unpaired) electrons. The van der Waals surface area contributed by atoms with Gasteiger partial charge in [0.05, 0.1) is 29.4 Å². The van der Waals surface area contributed by atoms with E-state index in [1.165, 1.54) is 23.3 Å². The number of carbonyl (C=O) groups excluding carboxylic acids is 4. The predicted octanol–water partition coefficient (Wildman–Crippen LogP) is 3.03. The number of methoxy groups -OCH3 is 1. The van der Waals surface area contributed by atoms with Crippen LogP contribution in [0.2, 0.25) is 0 Å². The Kier molecular flexibility index (Phi) is 7.20. The molecule has 1 aromatic carbocycles. The summed E-state index contributed by atoms with van der Waals surface area (Å²) in [6, 6.07) is 6.25. The number of imide groups is 1. The first-order chi connectivity index (χ1) is 16.8. The van der Waals surface area contributed by atoms with Crippen molar-refractivity contribution in [3.63, 3.8) is 0 Å². The number of piperidine rings is 1. The molecule has 1 atom stereocenters. The number of carbonyl (C=O) groups is 4. The van der Waals surface area contributed by atoms with Crippen LogP contribution in [0.1, 0.15) is 57.5 Å². The van der Waals surface area contributed by atoms with E-state index in [9.17, 15) is 19.2 Å². The fraction of sp³-hybridized carbons (Fsp3) is 0.480. The quantitative estimate of drug-likeness (QED) is 0.464. The summed E-state index contributed by atoms with van der Waals surface area (Å²) in [6.45, 7) is 5.02. The summed E-state index contributed by atoms with van der Waals surface area (Å²) < 4.78 is 4.81. The normalized spacial score (nSPS) is 20.8. The van der Waals surface area contributed by atoms with Crippen LogP contribution in [-0.2, 0) is 16.0 Å². The molecular weight excluding hydrogens is 468 g/mol. The molecule has 35 heavy (non-hydrogen) atoms. The average Bonchev–Trinajstić information content (AvgIpc) is 3.41. The van der Waals surface area contributed by atoms with Gasteiger partial charge < -0.3 is 15.0 Å². The van der Waals surface area contributed by atoms with Gasteiger partial charge in [0.15, 0.2) is 0 Å². The number of likely N-dealkylation sites (tertiary alicyclic amines) is 1. The molecule has 186 valence electrons. The maximum Gasteiger partial charge on any atom is 0.338 e. The van der Waals surface area contributed by atoms with Crippen molar-refractivity contribution in [1.29, 1.82) is 0 Å². The smallest absolute Gasteiger partial charge is 0.338 e. The number of urea groups is 1. The van der Waals surface area contributed by atoms with E-state index >= 15 is 0 Å². The summed E-state index contributed by atoms with van der Waals surface area (Å²) in [6.07, 6.45) is 2.22. The molecule has 4 rings (SSSR count). The maximum atomic E-state index is 13.5. The lowest BCUT2D eigenvalue weighted by molar-refractivity contribution is -0.134. The molecule has 2 aliphatic rings. The minimum atomic E-state index is -0.959. The Hall–Kier alpha value is -3.27. The predicted molar refractivity (Wildman–Crippen MR) is 130 cm³/mol. The van der Waals surface area contributed by atoms with Gasteiger partial charge in [-0.05, 0) is 44.2 Å². The monoisotopic (exact) mass is 498 g/mol. The van der Waals surface area contributed by atoms with Crippen molar-refractivity contribution in [3.05, 3.63) is 51.5 Å². The van der Waals surface area contributed by atoms with E-state index < -0.39 is 11.5 Å². The molecular formula is C25H30N4O5S. The van der Waals surface area contributed by atoms with E-state index in [0.29, 0.717) is 50.9 Å². The lowest BCUT2D eigenvalue weighted by Gasteiger charge is -2.40. The van der Waals surface area contributed by atoms with Gasteiger partial charge in [-0.15, -0.1) is 11.3 Å². The fourth-order valence-electron chi connectivity index (χ4n) is 5.14. The van der Waals surface area contributed by atoms with Crippen LogP contribution < -0.4 is 5.32 Å². The number of aromatic nitrogens is 1. The Labute approximate surface area is 208 Å². The Morgan fingerprint density at radius 2 is 1.89 bits per heavy atom. The SMILES string of the molecule is CC[C@]1(C2CCN(C(=O)c3ccccc3C(=O)OC)CC2)NC(=O)N(CCc2scnc2C)C1=O. The molecule has 2 aliphatic heterocycles. The number of esters is 1. The van der Waals surface area contributed by atoms with E-state index in [2.05, 4.69) is 10.3 Å². The first-order valence-electron chi connectivity index (χ1n) is 11.8. The number of hydrogen-bond acceptors (Lipinski definition) is 7. The number of ether oxygens (including phenoxy) is 1. The number of amides is 4. The Balaban J connectivity index is 1.44. The van der Waals surface area contributed by atoms with E-state index in [-0.39, 0.29) is 29.3 Å². The number of rotatable bonds is 7. The zero-order chi connectivity index (χ0) is 25.2. The van der Waals surface area contributed by atoms with Gasteiger partial charge in [0, 0.05) is 30.9 Å². The largest absolute Gasteiger partial charge is 0.465 e. The van der Waals surface area contributed by atoms with Crippen molar-refractivity contribution < 1.29 is 23.9 Å². The van der Waals surface area contributed by atoms with Gasteiger partial charge in [0.25, 0.3) is 11.8 Å².